The molecule has 84 valence electrons. The summed E-state index contributed by atoms with van der Waals surface area (Å²) in [6.45, 7) is 2.09. The fourth-order valence-corrected chi connectivity index (χ4v) is 2.11. The zero-order valence-electron chi connectivity index (χ0n) is 9.39. The van der Waals surface area contributed by atoms with Crippen molar-refractivity contribution in [3.63, 3.8) is 0 Å². The van der Waals surface area contributed by atoms with Crippen LogP contribution in [0, 0.1) is 11.8 Å². The van der Waals surface area contributed by atoms with Gasteiger partial charge in [0.2, 0.25) is 0 Å². The van der Waals surface area contributed by atoms with Crippen LogP contribution in [0.25, 0.3) is 6.08 Å². The zero-order chi connectivity index (χ0) is 11.5. The third-order valence-electron chi connectivity index (χ3n) is 3.14. The van der Waals surface area contributed by atoms with E-state index in [1.165, 1.54) is 5.57 Å². The molecule has 2 atom stereocenters. The number of carbonyl (C=O) groups is 1. The third kappa shape index (κ3) is 2.32. The minimum Gasteiger partial charge on any atom is -0.481 e. The van der Waals surface area contributed by atoms with E-state index in [1.807, 2.05) is 30.3 Å². The average molecular weight is 216 g/mol. The summed E-state index contributed by atoms with van der Waals surface area (Å²) in [5, 5.41) is 8.91. The van der Waals surface area contributed by atoms with E-state index in [-0.39, 0.29) is 11.8 Å². The van der Waals surface area contributed by atoms with E-state index in [4.69, 9.17) is 5.11 Å². The molecule has 0 saturated heterocycles. The van der Waals surface area contributed by atoms with Gasteiger partial charge in [-0.25, -0.2) is 0 Å². The van der Waals surface area contributed by atoms with Crippen molar-refractivity contribution in [2.45, 2.75) is 19.8 Å². The van der Waals surface area contributed by atoms with Gasteiger partial charge in [-0.15, -0.1) is 0 Å². The SMILES string of the molecule is CCC(=Cc1ccccc1)[C@@H]1C[C@H]1C(=O)O. The lowest BCUT2D eigenvalue weighted by Crippen LogP contribution is -2.00. The molecule has 1 fully saturated rings. The highest BCUT2D eigenvalue weighted by molar-refractivity contribution is 5.75. The van der Waals surface area contributed by atoms with Gasteiger partial charge in [0.15, 0.2) is 0 Å². The van der Waals surface area contributed by atoms with Crippen molar-refractivity contribution in [2.24, 2.45) is 11.8 Å². The third-order valence-corrected chi connectivity index (χ3v) is 3.14. The molecule has 0 aliphatic heterocycles. The van der Waals surface area contributed by atoms with Gasteiger partial charge in [-0.3, -0.25) is 4.79 Å². The monoisotopic (exact) mass is 216 g/mol. The minimum absolute atomic E-state index is 0.144. The number of hydrogen-bond donors (Lipinski definition) is 1. The van der Waals surface area contributed by atoms with Gasteiger partial charge in [-0.05, 0) is 24.3 Å². The number of carboxylic acid groups (broad SMARTS) is 1. The van der Waals surface area contributed by atoms with Crippen molar-refractivity contribution < 1.29 is 9.90 Å². The van der Waals surface area contributed by atoms with Gasteiger partial charge in [-0.2, -0.15) is 0 Å². The molecule has 0 unspecified atom stereocenters. The van der Waals surface area contributed by atoms with Crippen LogP contribution in [-0.4, -0.2) is 11.1 Å². The number of benzene rings is 1. The minimum atomic E-state index is -0.655. The van der Waals surface area contributed by atoms with Crippen LogP contribution in [0.4, 0.5) is 0 Å². The first-order chi connectivity index (χ1) is 7.72. The molecular weight excluding hydrogens is 200 g/mol. The van der Waals surface area contributed by atoms with Crippen molar-refractivity contribution in [1.82, 2.24) is 0 Å². The van der Waals surface area contributed by atoms with Gasteiger partial charge in [0.1, 0.15) is 0 Å². The molecule has 0 amide bonds. The Bertz CT molecular complexity index is 406. The van der Waals surface area contributed by atoms with Crippen LogP contribution in [0.2, 0.25) is 0 Å². The van der Waals surface area contributed by atoms with E-state index in [2.05, 4.69) is 13.0 Å². The molecule has 1 aliphatic carbocycles. The van der Waals surface area contributed by atoms with Gasteiger partial charge < -0.3 is 5.11 Å². The molecule has 1 N–H and O–H groups in total. The maximum atomic E-state index is 10.8. The number of hydrogen-bond acceptors (Lipinski definition) is 1. The van der Waals surface area contributed by atoms with Crippen LogP contribution in [-0.2, 0) is 4.79 Å². The molecule has 2 nitrogen and oxygen atoms in total. The summed E-state index contributed by atoms with van der Waals surface area (Å²) in [5.41, 5.74) is 2.42. The number of aliphatic carboxylic acids is 1. The molecule has 0 bridgehead atoms. The Morgan fingerprint density at radius 2 is 2.06 bits per heavy atom. The molecule has 0 spiro atoms. The van der Waals surface area contributed by atoms with Gasteiger partial charge in [-0.1, -0.05) is 48.9 Å². The normalized spacial score (nSPS) is 24.2. The first-order valence-electron chi connectivity index (χ1n) is 5.70. The van der Waals surface area contributed by atoms with E-state index in [0.717, 1.165) is 18.4 Å². The lowest BCUT2D eigenvalue weighted by Gasteiger charge is -2.03. The Morgan fingerprint density at radius 1 is 1.38 bits per heavy atom. The van der Waals surface area contributed by atoms with Gasteiger partial charge in [0.05, 0.1) is 5.92 Å². The largest absolute Gasteiger partial charge is 0.481 e. The van der Waals surface area contributed by atoms with Gasteiger partial charge in [0, 0.05) is 0 Å². The van der Waals surface area contributed by atoms with Crippen molar-refractivity contribution in [2.75, 3.05) is 0 Å². The second-order valence-electron chi connectivity index (χ2n) is 4.27. The van der Waals surface area contributed by atoms with Crippen molar-refractivity contribution in [3.8, 4) is 0 Å². The lowest BCUT2D eigenvalue weighted by molar-refractivity contribution is -0.138. The van der Waals surface area contributed by atoms with Crippen LogP contribution in [0.1, 0.15) is 25.3 Å². The molecule has 0 radical (unpaired) electrons. The fraction of sp³-hybridized carbons (Fsp3) is 0.357. The molecule has 0 aromatic heterocycles. The first kappa shape index (κ1) is 10.9. The Morgan fingerprint density at radius 3 is 2.56 bits per heavy atom. The summed E-state index contributed by atoms with van der Waals surface area (Å²) in [6, 6.07) is 10.1. The topological polar surface area (TPSA) is 37.3 Å². The van der Waals surface area contributed by atoms with Crippen LogP contribution in [0.3, 0.4) is 0 Å². The highest BCUT2D eigenvalue weighted by Gasteiger charge is 2.44. The standard InChI is InChI=1S/C14H16O2/c1-2-11(12-9-13(12)14(15)16)8-10-6-4-3-5-7-10/h3-8,12-13H,2,9H2,1H3,(H,15,16)/t12-,13+/m0/s1. The summed E-state index contributed by atoms with van der Waals surface area (Å²) in [5.74, 6) is -0.532. The molecule has 2 rings (SSSR count). The highest BCUT2D eigenvalue weighted by Crippen LogP contribution is 2.45. The predicted octanol–water partition coefficient (Wildman–Crippen LogP) is 3.20. The van der Waals surface area contributed by atoms with Crippen molar-refractivity contribution >= 4 is 12.0 Å². The van der Waals surface area contributed by atoms with Crippen molar-refractivity contribution in [1.29, 1.82) is 0 Å². The van der Waals surface area contributed by atoms with Crippen LogP contribution in [0.5, 0.6) is 0 Å². The van der Waals surface area contributed by atoms with Crippen molar-refractivity contribution in [3.05, 3.63) is 41.5 Å². The Labute approximate surface area is 95.6 Å². The van der Waals surface area contributed by atoms with Crippen LogP contribution >= 0.6 is 0 Å². The molecule has 1 aromatic carbocycles. The Kier molecular flexibility index (Phi) is 3.09. The average Bonchev–Trinajstić information content (AvgIpc) is 3.07. The number of allylic oxidation sites excluding steroid dienone is 1. The predicted molar refractivity (Wildman–Crippen MR) is 63.9 cm³/mol. The second kappa shape index (κ2) is 4.52. The summed E-state index contributed by atoms with van der Waals surface area (Å²) >= 11 is 0. The number of carboxylic acids is 1. The maximum absolute atomic E-state index is 10.8. The Balaban J connectivity index is 2.13. The fourth-order valence-electron chi connectivity index (χ4n) is 2.11. The van der Waals surface area contributed by atoms with Crippen LogP contribution in [0.15, 0.2) is 35.9 Å². The molecule has 16 heavy (non-hydrogen) atoms. The van der Waals surface area contributed by atoms with Gasteiger partial charge >= 0.3 is 5.97 Å². The Hall–Kier alpha value is -1.57. The summed E-state index contributed by atoms with van der Waals surface area (Å²) in [7, 11) is 0. The van der Waals surface area contributed by atoms with Crippen LogP contribution < -0.4 is 0 Å². The summed E-state index contributed by atoms with van der Waals surface area (Å²) in [6.07, 6.45) is 3.87. The maximum Gasteiger partial charge on any atom is 0.307 e. The molecule has 0 heterocycles. The van der Waals surface area contributed by atoms with E-state index >= 15 is 0 Å². The van der Waals surface area contributed by atoms with Gasteiger partial charge in [0.25, 0.3) is 0 Å². The molecular formula is C14H16O2. The van der Waals surface area contributed by atoms with E-state index in [0.29, 0.717) is 0 Å². The molecule has 1 aromatic rings. The van der Waals surface area contributed by atoms with E-state index < -0.39 is 5.97 Å². The van der Waals surface area contributed by atoms with E-state index in [9.17, 15) is 4.79 Å². The summed E-state index contributed by atoms with van der Waals surface area (Å²) in [4.78, 5) is 10.8. The lowest BCUT2D eigenvalue weighted by atomic mass is 10.0. The quantitative estimate of drug-likeness (QED) is 0.839. The smallest absolute Gasteiger partial charge is 0.307 e. The molecule has 1 aliphatic rings. The van der Waals surface area contributed by atoms with E-state index in [1.54, 1.807) is 0 Å². The second-order valence-corrected chi connectivity index (χ2v) is 4.27. The molecule has 2 heteroatoms. The molecule has 1 saturated carbocycles. The first-order valence-corrected chi connectivity index (χ1v) is 5.70. The zero-order valence-corrected chi connectivity index (χ0v) is 9.39. The number of rotatable bonds is 4. The highest BCUT2D eigenvalue weighted by atomic mass is 16.4. The summed E-state index contributed by atoms with van der Waals surface area (Å²) < 4.78 is 0.